The molecule has 29 heavy (non-hydrogen) atoms. The number of likely N-dealkylation sites (tertiary alicyclic amines) is 1. The molecule has 0 unspecified atom stereocenters. The summed E-state index contributed by atoms with van der Waals surface area (Å²) in [6.45, 7) is 5.24. The minimum absolute atomic E-state index is 0.216. The summed E-state index contributed by atoms with van der Waals surface area (Å²) in [7, 11) is 0. The number of hydrogen-bond donors (Lipinski definition) is 1. The van der Waals surface area contributed by atoms with Gasteiger partial charge < -0.3 is 9.46 Å². The first-order valence-corrected chi connectivity index (χ1v) is 11.8. The topological polar surface area (TPSA) is 37.4 Å². The maximum Gasteiger partial charge on any atom is 0.192 e. The highest BCUT2D eigenvalue weighted by molar-refractivity contribution is 8.00. The number of ether oxygens (including phenoxy) is 1. The van der Waals surface area contributed by atoms with Crippen LogP contribution in [-0.4, -0.2) is 29.1 Å². The molecule has 2 aromatic carbocycles. The number of hydrogen-bond acceptors (Lipinski definition) is 6. The number of benzene rings is 2. The largest absolute Gasteiger partial charge is 0.489 e. The first-order valence-electron chi connectivity index (χ1n) is 9.72. The number of rotatable bonds is 7. The lowest BCUT2D eigenvalue weighted by molar-refractivity contribution is 0.0968. The van der Waals surface area contributed by atoms with E-state index in [-0.39, 0.29) is 6.10 Å². The molecule has 4 nitrogen and oxygen atoms in total. The fourth-order valence-corrected chi connectivity index (χ4v) is 5.00. The highest BCUT2D eigenvalue weighted by Crippen LogP contribution is 2.32. The number of nitrogens with zero attached hydrogens (tertiary/aromatic N) is 2. The van der Waals surface area contributed by atoms with Crippen LogP contribution in [0.2, 0.25) is 5.02 Å². The van der Waals surface area contributed by atoms with Crippen molar-refractivity contribution in [2.75, 3.05) is 17.8 Å². The molecule has 0 saturated carbocycles. The second-order valence-corrected chi connectivity index (χ2v) is 9.40. The van der Waals surface area contributed by atoms with Gasteiger partial charge in [-0.1, -0.05) is 41.4 Å². The number of anilines is 1. The number of aryl methyl sites for hydroxylation is 1. The number of thiazole rings is 1. The van der Waals surface area contributed by atoms with E-state index in [0.29, 0.717) is 5.02 Å². The van der Waals surface area contributed by atoms with Gasteiger partial charge in [-0.2, -0.15) is 0 Å². The van der Waals surface area contributed by atoms with Gasteiger partial charge in [-0.25, -0.2) is 4.98 Å². The van der Waals surface area contributed by atoms with E-state index in [9.17, 15) is 0 Å². The van der Waals surface area contributed by atoms with Crippen LogP contribution < -0.4 is 9.46 Å². The molecule has 0 spiro atoms. The van der Waals surface area contributed by atoms with E-state index in [1.54, 1.807) is 17.5 Å². The summed E-state index contributed by atoms with van der Waals surface area (Å²) in [6, 6.07) is 14.7. The molecule has 1 fully saturated rings. The van der Waals surface area contributed by atoms with Crippen LogP contribution in [0.25, 0.3) is 0 Å². The predicted octanol–water partition coefficient (Wildman–Crippen LogP) is 6.27. The van der Waals surface area contributed by atoms with Crippen LogP contribution in [-0.2, 0) is 6.54 Å². The van der Waals surface area contributed by atoms with Gasteiger partial charge in [0, 0.05) is 36.1 Å². The minimum Gasteiger partial charge on any atom is -0.489 e. The monoisotopic (exact) mass is 445 g/mol. The minimum atomic E-state index is 0.216. The summed E-state index contributed by atoms with van der Waals surface area (Å²) < 4.78 is 9.43. The molecule has 1 N–H and O–H groups in total. The Bertz CT molecular complexity index is 928. The maximum absolute atomic E-state index is 6.47. The second kappa shape index (κ2) is 9.85. The van der Waals surface area contributed by atoms with Crippen molar-refractivity contribution in [1.29, 1.82) is 0 Å². The van der Waals surface area contributed by atoms with Crippen LogP contribution >= 0.6 is 34.9 Å². The van der Waals surface area contributed by atoms with Crippen LogP contribution in [0.1, 0.15) is 24.0 Å². The maximum atomic E-state index is 6.47. The number of nitrogens with one attached hydrogen (secondary N) is 1. The molecule has 0 bridgehead atoms. The highest BCUT2D eigenvalue weighted by atomic mass is 35.5. The Morgan fingerprint density at radius 1 is 1.24 bits per heavy atom. The van der Waals surface area contributed by atoms with Gasteiger partial charge in [0.15, 0.2) is 5.13 Å². The van der Waals surface area contributed by atoms with Gasteiger partial charge in [-0.15, -0.1) is 11.3 Å². The number of halogens is 1. The van der Waals surface area contributed by atoms with Gasteiger partial charge in [-0.3, -0.25) is 4.90 Å². The Kier molecular flexibility index (Phi) is 6.98. The van der Waals surface area contributed by atoms with E-state index >= 15 is 0 Å². The van der Waals surface area contributed by atoms with Gasteiger partial charge in [0.05, 0.1) is 5.02 Å². The number of aromatic nitrogens is 1. The summed E-state index contributed by atoms with van der Waals surface area (Å²) in [5.74, 6) is 0.766. The van der Waals surface area contributed by atoms with Crippen LogP contribution in [0.15, 0.2) is 58.9 Å². The van der Waals surface area contributed by atoms with Gasteiger partial charge in [0.2, 0.25) is 0 Å². The average molecular weight is 446 g/mol. The molecular weight excluding hydrogens is 422 g/mol. The lowest BCUT2D eigenvalue weighted by Gasteiger charge is -2.32. The van der Waals surface area contributed by atoms with Gasteiger partial charge in [0.1, 0.15) is 11.9 Å². The zero-order valence-electron chi connectivity index (χ0n) is 16.3. The van der Waals surface area contributed by atoms with Crippen molar-refractivity contribution < 1.29 is 4.74 Å². The Balaban J connectivity index is 1.26. The van der Waals surface area contributed by atoms with Crippen molar-refractivity contribution in [3.05, 3.63) is 70.2 Å². The smallest absolute Gasteiger partial charge is 0.192 e. The third-order valence-electron chi connectivity index (χ3n) is 4.91. The van der Waals surface area contributed by atoms with Crippen LogP contribution in [0.3, 0.4) is 0 Å². The zero-order valence-corrected chi connectivity index (χ0v) is 18.7. The van der Waals surface area contributed by atoms with Gasteiger partial charge in [0.25, 0.3) is 0 Å². The summed E-state index contributed by atoms with van der Waals surface area (Å²) in [4.78, 5) is 7.74. The van der Waals surface area contributed by atoms with Crippen molar-refractivity contribution in [2.24, 2.45) is 0 Å². The average Bonchev–Trinajstić information content (AvgIpc) is 3.23. The fraction of sp³-hybridized carbons (Fsp3) is 0.318. The Morgan fingerprint density at radius 3 is 2.83 bits per heavy atom. The third-order valence-corrected chi connectivity index (χ3v) is 6.81. The Hall–Kier alpha value is -1.73. The Labute approximate surface area is 185 Å². The molecule has 0 radical (unpaired) electrons. The SMILES string of the molecule is Cc1cccc(CN2CCC(Oc3ccc(SNc4nccs4)cc3Cl)CC2)c1. The fourth-order valence-electron chi connectivity index (χ4n) is 3.45. The van der Waals surface area contributed by atoms with E-state index in [1.807, 2.05) is 23.6 Å². The normalized spacial score (nSPS) is 15.4. The molecule has 1 aliphatic heterocycles. The molecule has 4 rings (SSSR count). The third kappa shape index (κ3) is 5.89. The molecule has 0 amide bonds. The van der Waals surface area contributed by atoms with Crippen LogP contribution in [0.4, 0.5) is 5.13 Å². The van der Waals surface area contributed by atoms with Crippen molar-refractivity contribution in [3.63, 3.8) is 0 Å². The quantitative estimate of drug-likeness (QED) is 0.434. The molecule has 0 aliphatic carbocycles. The van der Waals surface area contributed by atoms with Gasteiger partial charge in [-0.05, 0) is 55.5 Å². The first kappa shape index (κ1) is 20.5. The molecule has 3 aromatic rings. The van der Waals surface area contributed by atoms with Crippen molar-refractivity contribution in [2.45, 2.75) is 37.3 Å². The lowest BCUT2D eigenvalue weighted by Crippen LogP contribution is -2.37. The van der Waals surface area contributed by atoms with E-state index in [1.165, 1.54) is 23.1 Å². The van der Waals surface area contributed by atoms with E-state index in [2.05, 4.69) is 45.8 Å². The molecule has 1 aliphatic rings. The molecular formula is C22H24ClN3OS2. The highest BCUT2D eigenvalue weighted by Gasteiger charge is 2.21. The molecule has 2 heterocycles. The lowest BCUT2D eigenvalue weighted by atomic mass is 10.1. The first-order chi connectivity index (χ1) is 14.2. The van der Waals surface area contributed by atoms with Crippen LogP contribution in [0, 0.1) is 6.92 Å². The summed E-state index contributed by atoms with van der Waals surface area (Å²) in [5, 5.41) is 3.47. The zero-order chi connectivity index (χ0) is 20.1. The van der Waals surface area contributed by atoms with Crippen LogP contribution in [0.5, 0.6) is 5.75 Å². The standard InChI is InChI=1S/C22H24ClN3OS2/c1-16-3-2-4-17(13-16)15-26-10-7-18(8-11-26)27-21-6-5-19(14-20(21)23)29-25-22-24-9-12-28-22/h2-6,9,12-14,18H,7-8,10-11,15H2,1H3,(H,24,25). The van der Waals surface area contributed by atoms with E-state index in [0.717, 1.165) is 48.3 Å². The van der Waals surface area contributed by atoms with Crippen molar-refractivity contribution >= 4 is 40.0 Å². The Morgan fingerprint density at radius 2 is 2.10 bits per heavy atom. The van der Waals surface area contributed by atoms with Gasteiger partial charge >= 0.3 is 0 Å². The summed E-state index contributed by atoms with van der Waals surface area (Å²) in [5.41, 5.74) is 2.70. The predicted molar refractivity (Wildman–Crippen MR) is 123 cm³/mol. The van der Waals surface area contributed by atoms with E-state index in [4.69, 9.17) is 16.3 Å². The van der Waals surface area contributed by atoms with Crippen molar-refractivity contribution in [3.8, 4) is 5.75 Å². The molecule has 7 heteroatoms. The molecule has 1 aromatic heterocycles. The molecule has 152 valence electrons. The molecule has 1 saturated heterocycles. The summed E-state index contributed by atoms with van der Waals surface area (Å²) in [6.07, 6.45) is 4.03. The summed E-state index contributed by atoms with van der Waals surface area (Å²) >= 11 is 9.54. The van der Waals surface area contributed by atoms with E-state index < -0.39 is 0 Å². The number of piperidine rings is 1. The second-order valence-electron chi connectivity index (χ2n) is 7.22. The van der Waals surface area contributed by atoms with Crippen molar-refractivity contribution in [1.82, 2.24) is 9.88 Å². The molecule has 0 atom stereocenters.